The van der Waals surface area contributed by atoms with Crippen LogP contribution in [0.3, 0.4) is 0 Å². The number of para-hydroxylation sites is 2. The Bertz CT molecular complexity index is 1050. The third-order valence-corrected chi connectivity index (χ3v) is 3.94. The van der Waals surface area contributed by atoms with Crippen molar-refractivity contribution >= 4 is 22.5 Å². The van der Waals surface area contributed by atoms with Crippen molar-refractivity contribution in [3.8, 4) is 11.8 Å². The van der Waals surface area contributed by atoms with E-state index < -0.39 is 6.67 Å². The molecule has 0 atom stereocenters. The van der Waals surface area contributed by atoms with Gasteiger partial charge in [0, 0.05) is 5.69 Å². The monoisotopic (exact) mass is 349 g/mol. The first-order valence-electron chi connectivity index (χ1n) is 8.04. The highest BCUT2D eigenvalue weighted by atomic mass is 19.1. The standard InChI is InChI=1S/C19H16FN5O/c1-26-19-23-15-4-2-3-5-16(15)25(19)18-12-21-11-17(24-18)22-14-8-6-13(10-20)7-9-14/h2-9,11-12H,10H2,1H3,(H,22,24). The molecule has 0 fully saturated rings. The van der Waals surface area contributed by atoms with Crippen LogP contribution in [0.25, 0.3) is 16.9 Å². The molecule has 0 aliphatic carbocycles. The molecule has 130 valence electrons. The van der Waals surface area contributed by atoms with E-state index in [1.807, 2.05) is 24.3 Å². The summed E-state index contributed by atoms with van der Waals surface area (Å²) < 4.78 is 19.8. The van der Waals surface area contributed by atoms with E-state index in [1.165, 1.54) is 0 Å². The molecule has 2 heterocycles. The van der Waals surface area contributed by atoms with Gasteiger partial charge in [-0.2, -0.15) is 4.98 Å². The average molecular weight is 349 g/mol. The molecule has 2 aromatic heterocycles. The summed E-state index contributed by atoms with van der Waals surface area (Å²) in [6.07, 6.45) is 3.27. The smallest absolute Gasteiger partial charge is 0.303 e. The number of methoxy groups -OCH3 is 1. The van der Waals surface area contributed by atoms with Crippen LogP contribution in [0.1, 0.15) is 5.56 Å². The molecule has 0 aliphatic rings. The molecule has 1 N–H and O–H groups in total. The van der Waals surface area contributed by atoms with Gasteiger partial charge in [-0.25, -0.2) is 13.9 Å². The van der Waals surface area contributed by atoms with E-state index >= 15 is 0 Å². The minimum absolute atomic E-state index is 0.435. The summed E-state index contributed by atoms with van der Waals surface area (Å²) in [5.41, 5.74) is 3.12. The van der Waals surface area contributed by atoms with Crippen molar-refractivity contribution < 1.29 is 9.13 Å². The fourth-order valence-corrected chi connectivity index (χ4v) is 2.71. The first-order valence-corrected chi connectivity index (χ1v) is 8.04. The molecule has 0 radical (unpaired) electrons. The van der Waals surface area contributed by atoms with Crippen molar-refractivity contribution in [3.63, 3.8) is 0 Å². The molecular weight excluding hydrogens is 333 g/mol. The lowest BCUT2D eigenvalue weighted by atomic mass is 10.2. The van der Waals surface area contributed by atoms with Gasteiger partial charge in [-0.05, 0) is 29.8 Å². The van der Waals surface area contributed by atoms with Gasteiger partial charge in [0.1, 0.15) is 6.67 Å². The highest BCUT2D eigenvalue weighted by Gasteiger charge is 2.14. The van der Waals surface area contributed by atoms with Crippen molar-refractivity contribution in [2.45, 2.75) is 6.67 Å². The molecule has 0 spiro atoms. The van der Waals surface area contributed by atoms with Crippen molar-refractivity contribution in [1.82, 2.24) is 19.5 Å². The maximum atomic E-state index is 12.6. The summed E-state index contributed by atoms with van der Waals surface area (Å²) in [6.45, 7) is -0.483. The van der Waals surface area contributed by atoms with Gasteiger partial charge in [0.2, 0.25) is 0 Å². The number of benzene rings is 2. The van der Waals surface area contributed by atoms with E-state index in [-0.39, 0.29) is 0 Å². The number of imidazole rings is 1. The number of nitrogens with zero attached hydrogens (tertiary/aromatic N) is 4. The summed E-state index contributed by atoms with van der Waals surface area (Å²) in [6, 6.07) is 15.2. The van der Waals surface area contributed by atoms with E-state index in [4.69, 9.17) is 4.74 Å². The Morgan fingerprint density at radius 3 is 2.62 bits per heavy atom. The van der Waals surface area contributed by atoms with Crippen molar-refractivity contribution in [2.24, 2.45) is 0 Å². The predicted octanol–water partition coefficient (Wildman–Crippen LogP) is 4.04. The summed E-state index contributed by atoms with van der Waals surface area (Å²) in [5, 5.41) is 3.17. The fraction of sp³-hybridized carbons (Fsp3) is 0.105. The number of fused-ring (bicyclic) bond motifs is 1. The zero-order chi connectivity index (χ0) is 17.9. The lowest BCUT2D eigenvalue weighted by Gasteiger charge is -2.10. The molecule has 4 rings (SSSR count). The third kappa shape index (κ3) is 2.95. The zero-order valence-corrected chi connectivity index (χ0v) is 14.1. The maximum absolute atomic E-state index is 12.6. The number of rotatable bonds is 5. The van der Waals surface area contributed by atoms with Gasteiger partial charge >= 0.3 is 6.01 Å². The van der Waals surface area contributed by atoms with E-state index in [1.54, 1.807) is 48.3 Å². The number of halogens is 1. The van der Waals surface area contributed by atoms with Crippen LogP contribution < -0.4 is 10.1 Å². The normalized spacial score (nSPS) is 10.8. The number of alkyl halides is 1. The molecule has 4 aromatic rings. The summed E-state index contributed by atoms with van der Waals surface area (Å²) in [4.78, 5) is 13.3. The second-order valence-electron chi connectivity index (χ2n) is 5.64. The second kappa shape index (κ2) is 6.79. The molecule has 7 heteroatoms. The molecule has 0 bridgehead atoms. The van der Waals surface area contributed by atoms with Crippen LogP contribution in [0.15, 0.2) is 60.9 Å². The minimum Gasteiger partial charge on any atom is -0.468 e. The molecule has 26 heavy (non-hydrogen) atoms. The Morgan fingerprint density at radius 1 is 1.04 bits per heavy atom. The largest absolute Gasteiger partial charge is 0.468 e. The molecule has 0 amide bonds. The van der Waals surface area contributed by atoms with Crippen molar-refractivity contribution in [3.05, 3.63) is 66.5 Å². The Balaban J connectivity index is 1.72. The third-order valence-electron chi connectivity index (χ3n) is 3.94. The Labute approximate surface area is 149 Å². The Hall–Kier alpha value is -3.48. The van der Waals surface area contributed by atoms with Crippen LogP contribution in [0.5, 0.6) is 6.01 Å². The summed E-state index contributed by atoms with van der Waals surface area (Å²) in [7, 11) is 1.57. The molecule has 0 aliphatic heterocycles. The predicted molar refractivity (Wildman–Crippen MR) is 97.7 cm³/mol. The molecule has 6 nitrogen and oxygen atoms in total. The molecule has 0 unspecified atom stereocenters. The quantitative estimate of drug-likeness (QED) is 0.589. The van der Waals surface area contributed by atoms with Crippen LogP contribution in [0.2, 0.25) is 0 Å². The van der Waals surface area contributed by atoms with Gasteiger partial charge in [0.25, 0.3) is 0 Å². The van der Waals surface area contributed by atoms with Gasteiger partial charge in [0.15, 0.2) is 11.6 Å². The van der Waals surface area contributed by atoms with Crippen LogP contribution in [-0.4, -0.2) is 26.6 Å². The number of nitrogens with one attached hydrogen (secondary N) is 1. The van der Waals surface area contributed by atoms with E-state index in [0.29, 0.717) is 23.2 Å². The summed E-state index contributed by atoms with van der Waals surface area (Å²) >= 11 is 0. The van der Waals surface area contributed by atoms with E-state index in [9.17, 15) is 4.39 Å². The lowest BCUT2D eigenvalue weighted by Crippen LogP contribution is -2.04. The molecule has 2 aromatic carbocycles. The topological polar surface area (TPSA) is 64.9 Å². The molecule has 0 saturated carbocycles. The number of hydrogen-bond donors (Lipinski definition) is 1. The van der Waals surface area contributed by atoms with Crippen molar-refractivity contribution in [2.75, 3.05) is 12.4 Å². The SMILES string of the molecule is COc1nc2ccccc2n1-c1cncc(Nc2ccc(CF)cc2)n1. The molecular formula is C19H16FN5O. The van der Waals surface area contributed by atoms with Crippen LogP contribution in [-0.2, 0) is 6.67 Å². The molecule has 0 saturated heterocycles. The van der Waals surface area contributed by atoms with E-state index in [0.717, 1.165) is 16.7 Å². The van der Waals surface area contributed by atoms with Crippen LogP contribution in [0.4, 0.5) is 15.9 Å². The fourth-order valence-electron chi connectivity index (χ4n) is 2.71. The Morgan fingerprint density at radius 2 is 1.85 bits per heavy atom. The minimum atomic E-state index is -0.483. The lowest BCUT2D eigenvalue weighted by molar-refractivity contribution is 0.375. The number of aromatic nitrogens is 4. The van der Waals surface area contributed by atoms with Gasteiger partial charge < -0.3 is 10.1 Å². The number of hydrogen-bond acceptors (Lipinski definition) is 5. The maximum Gasteiger partial charge on any atom is 0.303 e. The number of anilines is 2. The van der Waals surface area contributed by atoms with E-state index in [2.05, 4.69) is 20.3 Å². The van der Waals surface area contributed by atoms with Gasteiger partial charge in [-0.3, -0.25) is 4.98 Å². The Kier molecular flexibility index (Phi) is 4.18. The first kappa shape index (κ1) is 16.0. The highest BCUT2D eigenvalue weighted by Crippen LogP contribution is 2.25. The van der Waals surface area contributed by atoms with Crippen LogP contribution >= 0.6 is 0 Å². The van der Waals surface area contributed by atoms with Crippen LogP contribution in [0, 0.1) is 0 Å². The van der Waals surface area contributed by atoms with Gasteiger partial charge in [0.05, 0.1) is 30.5 Å². The number of ether oxygens (including phenoxy) is 1. The highest BCUT2D eigenvalue weighted by molar-refractivity contribution is 5.78. The van der Waals surface area contributed by atoms with Crippen molar-refractivity contribution in [1.29, 1.82) is 0 Å². The first-order chi connectivity index (χ1) is 12.8. The summed E-state index contributed by atoms with van der Waals surface area (Å²) in [5.74, 6) is 1.15. The second-order valence-corrected chi connectivity index (χ2v) is 5.64. The van der Waals surface area contributed by atoms with Gasteiger partial charge in [-0.15, -0.1) is 0 Å². The average Bonchev–Trinajstić information content (AvgIpc) is 3.07. The van der Waals surface area contributed by atoms with Gasteiger partial charge in [-0.1, -0.05) is 24.3 Å². The zero-order valence-electron chi connectivity index (χ0n) is 14.1.